The lowest BCUT2D eigenvalue weighted by molar-refractivity contribution is 0.0697. The molecule has 0 saturated carbocycles. The fourth-order valence-corrected chi connectivity index (χ4v) is 1.84. The number of aromatic carboxylic acids is 1. The largest absolute Gasteiger partial charge is 0.478 e. The summed E-state index contributed by atoms with van der Waals surface area (Å²) < 4.78 is 5.72. The number of hydrogen-bond donors (Lipinski definition) is 1. The van der Waals surface area contributed by atoms with Crippen molar-refractivity contribution in [1.82, 2.24) is 9.97 Å². The van der Waals surface area contributed by atoms with E-state index in [1.807, 2.05) is 13.8 Å². The van der Waals surface area contributed by atoms with Crippen LogP contribution in [-0.4, -0.2) is 21.0 Å². The zero-order valence-corrected chi connectivity index (χ0v) is 11.7. The molecule has 0 unspecified atom stereocenters. The number of carboxylic acid groups (broad SMARTS) is 1. The summed E-state index contributed by atoms with van der Waals surface area (Å²) in [6.45, 7) is 5.63. The predicted molar refractivity (Wildman–Crippen MR) is 74.4 cm³/mol. The Morgan fingerprint density at radius 2 is 2.00 bits per heavy atom. The molecule has 0 atom stereocenters. The van der Waals surface area contributed by atoms with Crippen molar-refractivity contribution in [3.05, 3.63) is 46.9 Å². The maximum atomic E-state index is 10.9. The zero-order valence-electron chi connectivity index (χ0n) is 11.7. The van der Waals surface area contributed by atoms with E-state index in [9.17, 15) is 4.79 Å². The van der Waals surface area contributed by atoms with Gasteiger partial charge in [-0.05, 0) is 44.0 Å². The third kappa shape index (κ3) is 3.12. The van der Waals surface area contributed by atoms with Crippen LogP contribution in [0, 0.1) is 13.8 Å². The second-order valence-corrected chi connectivity index (χ2v) is 4.49. The van der Waals surface area contributed by atoms with Crippen LogP contribution in [0.25, 0.3) is 0 Å². The van der Waals surface area contributed by atoms with Gasteiger partial charge in [-0.25, -0.2) is 9.78 Å². The fraction of sp³-hybridized carbons (Fsp3) is 0.267. The van der Waals surface area contributed by atoms with Crippen molar-refractivity contribution in [1.29, 1.82) is 0 Å². The van der Waals surface area contributed by atoms with E-state index in [0.717, 1.165) is 17.7 Å². The Labute approximate surface area is 117 Å². The van der Waals surface area contributed by atoms with Gasteiger partial charge in [0.1, 0.15) is 11.6 Å². The zero-order chi connectivity index (χ0) is 14.7. The van der Waals surface area contributed by atoms with Gasteiger partial charge in [0.05, 0.1) is 5.56 Å². The summed E-state index contributed by atoms with van der Waals surface area (Å²) in [7, 11) is 0. The van der Waals surface area contributed by atoms with Crippen LogP contribution in [0.15, 0.2) is 24.3 Å². The van der Waals surface area contributed by atoms with E-state index in [-0.39, 0.29) is 5.56 Å². The van der Waals surface area contributed by atoms with Crippen LogP contribution in [-0.2, 0) is 6.42 Å². The van der Waals surface area contributed by atoms with E-state index in [2.05, 4.69) is 9.97 Å². The van der Waals surface area contributed by atoms with Gasteiger partial charge in [0.15, 0.2) is 0 Å². The number of aromatic nitrogens is 2. The molecule has 0 radical (unpaired) electrons. The molecule has 5 heteroatoms. The van der Waals surface area contributed by atoms with E-state index in [1.54, 1.807) is 25.1 Å². The van der Waals surface area contributed by atoms with Gasteiger partial charge < -0.3 is 9.84 Å². The normalized spacial score (nSPS) is 10.3. The summed E-state index contributed by atoms with van der Waals surface area (Å²) in [6, 6.07) is 6.52. The van der Waals surface area contributed by atoms with Crippen LogP contribution in [0.3, 0.4) is 0 Å². The highest BCUT2D eigenvalue weighted by molar-refractivity contribution is 5.88. The molecule has 0 spiro atoms. The van der Waals surface area contributed by atoms with E-state index in [4.69, 9.17) is 9.84 Å². The van der Waals surface area contributed by atoms with Crippen LogP contribution in [0.2, 0.25) is 0 Å². The average Bonchev–Trinajstić information content (AvgIpc) is 2.40. The van der Waals surface area contributed by atoms with Gasteiger partial charge in [0, 0.05) is 11.8 Å². The van der Waals surface area contributed by atoms with Crippen molar-refractivity contribution < 1.29 is 14.6 Å². The molecule has 104 valence electrons. The maximum absolute atomic E-state index is 10.9. The SMILES string of the molecule is CCc1cc(Oc2ccc(C(=O)O)cc2C)nc(C)n1. The topological polar surface area (TPSA) is 72.3 Å². The van der Waals surface area contributed by atoms with Crippen molar-refractivity contribution in [3.8, 4) is 11.6 Å². The first-order valence-electron chi connectivity index (χ1n) is 6.36. The van der Waals surface area contributed by atoms with Gasteiger partial charge >= 0.3 is 5.97 Å². The first-order chi connectivity index (χ1) is 9.49. The molecule has 1 aromatic carbocycles. The number of aryl methyl sites for hydroxylation is 3. The lowest BCUT2D eigenvalue weighted by atomic mass is 10.1. The monoisotopic (exact) mass is 272 g/mol. The second kappa shape index (κ2) is 5.69. The molecule has 20 heavy (non-hydrogen) atoms. The van der Waals surface area contributed by atoms with E-state index < -0.39 is 5.97 Å². The van der Waals surface area contributed by atoms with Crippen molar-refractivity contribution in [2.75, 3.05) is 0 Å². The lowest BCUT2D eigenvalue weighted by Crippen LogP contribution is -2.00. The smallest absolute Gasteiger partial charge is 0.335 e. The minimum absolute atomic E-state index is 0.239. The quantitative estimate of drug-likeness (QED) is 0.925. The minimum Gasteiger partial charge on any atom is -0.478 e. The van der Waals surface area contributed by atoms with Crippen molar-refractivity contribution in [2.24, 2.45) is 0 Å². The lowest BCUT2D eigenvalue weighted by Gasteiger charge is -2.10. The third-order valence-corrected chi connectivity index (χ3v) is 2.87. The molecule has 0 aliphatic heterocycles. The number of carboxylic acids is 1. The molecule has 0 amide bonds. The number of carbonyl (C=O) groups is 1. The van der Waals surface area contributed by atoms with Crippen LogP contribution >= 0.6 is 0 Å². The Bertz CT molecular complexity index is 654. The molecule has 1 N–H and O–H groups in total. The third-order valence-electron chi connectivity index (χ3n) is 2.87. The van der Waals surface area contributed by atoms with Gasteiger partial charge in [-0.2, -0.15) is 4.98 Å². The van der Waals surface area contributed by atoms with Crippen LogP contribution < -0.4 is 4.74 Å². The Balaban J connectivity index is 2.30. The Kier molecular flexibility index (Phi) is 3.98. The van der Waals surface area contributed by atoms with E-state index >= 15 is 0 Å². The summed E-state index contributed by atoms with van der Waals surface area (Å²) in [4.78, 5) is 19.4. The summed E-state index contributed by atoms with van der Waals surface area (Å²) in [6.07, 6.45) is 0.802. The number of nitrogens with zero attached hydrogens (tertiary/aromatic N) is 2. The summed E-state index contributed by atoms with van der Waals surface area (Å²) in [5.74, 6) is 0.764. The molecule has 0 bridgehead atoms. The number of hydrogen-bond acceptors (Lipinski definition) is 4. The second-order valence-electron chi connectivity index (χ2n) is 4.49. The molecule has 0 aliphatic carbocycles. The predicted octanol–water partition coefficient (Wildman–Crippen LogP) is 3.15. The highest BCUT2D eigenvalue weighted by atomic mass is 16.5. The first kappa shape index (κ1) is 14.0. The van der Waals surface area contributed by atoms with Gasteiger partial charge in [0.2, 0.25) is 5.88 Å². The van der Waals surface area contributed by atoms with E-state index in [0.29, 0.717) is 17.5 Å². The minimum atomic E-state index is -0.953. The molecule has 2 aromatic rings. The molecule has 0 saturated heterocycles. The maximum Gasteiger partial charge on any atom is 0.335 e. The van der Waals surface area contributed by atoms with Gasteiger partial charge in [0.25, 0.3) is 0 Å². The van der Waals surface area contributed by atoms with Gasteiger partial charge in [-0.15, -0.1) is 0 Å². The Hall–Kier alpha value is -2.43. The molecule has 0 fully saturated rings. The molecule has 1 aromatic heterocycles. The number of ether oxygens (including phenoxy) is 1. The van der Waals surface area contributed by atoms with Crippen molar-refractivity contribution in [2.45, 2.75) is 27.2 Å². The molecular weight excluding hydrogens is 256 g/mol. The van der Waals surface area contributed by atoms with Crippen molar-refractivity contribution >= 4 is 5.97 Å². The highest BCUT2D eigenvalue weighted by Crippen LogP contribution is 2.25. The summed E-state index contributed by atoms with van der Waals surface area (Å²) in [5, 5.41) is 8.93. The van der Waals surface area contributed by atoms with Crippen molar-refractivity contribution in [3.63, 3.8) is 0 Å². The van der Waals surface area contributed by atoms with Crippen LogP contribution in [0.1, 0.15) is 34.4 Å². The van der Waals surface area contributed by atoms with Gasteiger partial charge in [-0.3, -0.25) is 0 Å². The standard InChI is InChI=1S/C15H16N2O3/c1-4-12-8-14(17-10(3)16-12)20-13-6-5-11(15(18)19)7-9(13)2/h5-8H,4H2,1-3H3,(H,18,19). The Morgan fingerprint density at radius 3 is 2.60 bits per heavy atom. The molecule has 5 nitrogen and oxygen atoms in total. The van der Waals surface area contributed by atoms with Crippen LogP contribution in [0.5, 0.6) is 11.6 Å². The molecular formula is C15H16N2O3. The molecule has 0 aliphatic rings. The number of rotatable bonds is 4. The Morgan fingerprint density at radius 1 is 1.25 bits per heavy atom. The summed E-state index contributed by atoms with van der Waals surface area (Å²) >= 11 is 0. The molecule has 2 rings (SSSR count). The average molecular weight is 272 g/mol. The highest BCUT2D eigenvalue weighted by Gasteiger charge is 2.09. The number of benzene rings is 1. The van der Waals surface area contributed by atoms with Gasteiger partial charge in [-0.1, -0.05) is 6.92 Å². The fourth-order valence-electron chi connectivity index (χ4n) is 1.84. The van der Waals surface area contributed by atoms with Crippen LogP contribution in [0.4, 0.5) is 0 Å². The van der Waals surface area contributed by atoms with E-state index in [1.165, 1.54) is 6.07 Å². The molecule has 1 heterocycles. The summed E-state index contributed by atoms with van der Waals surface area (Å²) in [5.41, 5.74) is 1.90. The first-order valence-corrected chi connectivity index (χ1v) is 6.36.